The van der Waals surface area contributed by atoms with Gasteiger partial charge in [-0.15, -0.1) is 11.3 Å². The van der Waals surface area contributed by atoms with Crippen LogP contribution in [0.4, 0.5) is 0 Å². The van der Waals surface area contributed by atoms with E-state index in [1.165, 1.54) is 22.5 Å². The van der Waals surface area contributed by atoms with Crippen molar-refractivity contribution in [3.8, 4) is 0 Å². The standard InChI is InChI=1S/C13H12N2O2S/c14-11(13(16)17)10-6-18-12(15-10)9-5-7-3-1-2-4-8(7)9/h1-4,6,9,11H,5,14H2,(H,16,17). The summed E-state index contributed by atoms with van der Waals surface area (Å²) in [5.74, 6) is -0.734. The molecule has 92 valence electrons. The number of aliphatic carboxylic acids is 1. The molecule has 0 radical (unpaired) electrons. The number of rotatable bonds is 3. The second-order valence-electron chi connectivity index (χ2n) is 4.38. The Bertz CT molecular complexity index is 609. The molecule has 2 aromatic rings. The van der Waals surface area contributed by atoms with E-state index in [0.717, 1.165) is 11.4 Å². The molecule has 2 atom stereocenters. The van der Waals surface area contributed by atoms with Crippen LogP contribution in [0.3, 0.4) is 0 Å². The van der Waals surface area contributed by atoms with Crippen molar-refractivity contribution in [1.29, 1.82) is 0 Å². The second kappa shape index (κ2) is 4.19. The van der Waals surface area contributed by atoms with E-state index in [2.05, 4.69) is 17.1 Å². The van der Waals surface area contributed by atoms with Gasteiger partial charge in [0.25, 0.3) is 0 Å². The maximum absolute atomic E-state index is 10.8. The summed E-state index contributed by atoms with van der Waals surface area (Å²) >= 11 is 1.49. The van der Waals surface area contributed by atoms with Gasteiger partial charge in [-0.25, -0.2) is 4.98 Å². The summed E-state index contributed by atoms with van der Waals surface area (Å²) in [6.45, 7) is 0. The quantitative estimate of drug-likeness (QED) is 0.884. The molecule has 1 aromatic heterocycles. The fourth-order valence-electron chi connectivity index (χ4n) is 2.21. The van der Waals surface area contributed by atoms with Crippen molar-refractivity contribution in [2.75, 3.05) is 0 Å². The minimum Gasteiger partial charge on any atom is -0.480 e. The molecule has 3 rings (SSSR count). The summed E-state index contributed by atoms with van der Waals surface area (Å²) < 4.78 is 0. The van der Waals surface area contributed by atoms with Gasteiger partial charge in [-0.2, -0.15) is 0 Å². The Balaban J connectivity index is 1.86. The van der Waals surface area contributed by atoms with Gasteiger partial charge in [-0.05, 0) is 17.5 Å². The van der Waals surface area contributed by atoms with Crippen LogP contribution in [0, 0.1) is 0 Å². The summed E-state index contributed by atoms with van der Waals surface area (Å²) in [7, 11) is 0. The van der Waals surface area contributed by atoms with E-state index >= 15 is 0 Å². The van der Waals surface area contributed by atoms with Crippen molar-refractivity contribution >= 4 is 17.3 Å². The van der Waals surface area contributed by atoms with Gasteiger partial charge in [-0.3, -0.25) is 4.79 Å². The van der Waals surface area contributed by atoms with Crippen LogP contribution in [0.1, 0.15) is 33.8 Å². The molecule has 0 spiro atoms. The van der Waals surface area contributed by atoms with Crippen molar-refractivity contribution in [2.45, 2.75) is 18.4 Å². The monoisotopic (exact) mass is 260 g/mol. The lowest BCUT2D eigenvalue weighted by atomic mass is 9.78. The van der Waals surface area contributed by atoms with E-state index in [0.29, 0.717) is 11.6 Å². The van der Waals surface area contributed by atoms with Crippen LogP contribution in [0.2, 0.25) is 0 Å². The maximum atomic E-state index is 10.8. The number of carboxylic acids is 1. The van der Waals surface area contributed by atoms with E-state index in [4.69, 9.17) is 10.8 Å². The van der Waals surface area contributed by atoms with E-state index in [-0.39, 0.29) is 0 Å². The predicted molar refractivity (Wildman–Crippen MR) is 68.7 cm³/mol. The van der Waals surface area contributed by atoms with Crippen LogP contribution in [-0.4, -0.2) is 16.1 Å². The fraction of sp³-hybridized carbons (Fsp3) is 0.231. The third-order valence-corrected chi connectivity index (χ3v) is 4.25. The van der Waals surface area contributed by atoms with Crippen molar-refractivity contribution in [3.05, 3.63) is 51.5 Å². The molecule has 0 bridgehead atoms. The molecule has 0 fully saturated rings. The topological polar surface area (TPSA) is 76.2 Å². The van der Waals surface area contributed by atoms with E-state index in [1.54, 1.807) is 5.38 Å². The van der Waals surface area contributed by atoms with Gasteiger partial charge >= 0.3 is 5.97 Å². The third-order valence-electron chi connectivity index (χ3n) is 3.28. The van der Waals surface area contributed by atoms with Gasteiger partial charge in [0.05, 0.1) is 5.69 Å². The Hall–Kier alpha value is -1.72. The molecule has 1 aliphatic carbocycles. The predicted octanol–water partition coefficient (Wildman–Crippen LogP) is 1.92. The fourth-order valence-corrected chi connectivity index (χ4v) is 3.18. The molecule has 0 aliphatic heterocycles. The van der Waals surface area contributed by atoms with Crippen LogP contribution < -0.4 is 5.73 Å². The number of hydrogen-bond donors (Lipinski definition) is 2. The largest absolute Gasteiger partial charge is 0.480 e. The van der Waals surface area contributed by atoms with Gasteiger partial charge in [0.2, 0.25) is 0 Å². The minimum absolute atomic E-state index is 0.306. The maximum Gasteiger partial charge on any atom is 0.326 e. The smallest absolute Gasteiger partial charge is 0.326 e. The van der Waals surface area contributed by atoms with Gasteiger partial charge in [-0.1, -0.05) is 24.3 Å². The first-order valence-corrected chi connectivity index (χ1v) is 6.56. The molecule has 4 nitrogen and oxygen atoms in total. The van der Waals surface area contributed by atoms with Crippen LogP contribution in [-0.2, 0) is 11.2 Å². The van der Waals surface area contributed by atoms with E-state index in [1.807, 2.05) is 12.1 Å². The van der Waals surface area contributed by atoms with Gasteiger partial charge in [0.1, 0.15) is 11.0 Å². The first kappa shape index (κ1) is 11.4. The zero-order chi connectivity index (χ0) is 12.7. The Labute approximate surface area is 108 Å². The highest BCUT2D eigenvalue weighted by Crippen LogP contribution is 2.41. The Morgan fingerprint density at radius 3 is 3.00 bits per heavy atom. The van der Waals surface area contributed by atoms with Crippen molar-refractivity contribution in [2.24, 2.45) is 5.73 Å². The molecule has 2 unspecified atom stereocenters. The third kappa shape index (κ3) is 1.72. The first-order valence-electron chi connectivity index (χ1n) is 5.68. The molecule has 0 saturated carbocycles. The van der Waals surface area contributed by atoms with Crippen LogP contribution in [0.5, 0.6) is 0 Å². The first-order chi connectivity index (χ1) is 8.66. The molecule has 5 heteroatoms. The molecule has 1 aromatic carbocycles. The summed E-state index contributed by atoms with van der Waals surface area (Å²) in [4.78, 5) is 15.2. The molecular formula is C13H12N2O2S. The number of fused-ring (bicyclic) bond motifs is 1. The summed E-state index contributed by atoms with van der Waals surface area (Å²) in [5, 5.41) is 11.6. The Morgan fingerprint density at radius 2 is 2.28 bits per heavy atom. The molecule has 18 heavy (non-hydrogen) atoms. The van der Waals surface area contributed by atoms with Crippen LogP contribution in [0.15, 0.2) is 29.6 Å². The highest BCUT2D eigenvalue weighted by Gasteiger charge is 2.30. The molecular weight excluding hydrogens is 248 g/mol. The number of nitrogens with two attached hydrogens (primary N) is 1. The normalized spacial score (nSPS) is 18.8. The lowest BCUT2D eigenvalue weighted by Gasteiger charge is -2.28. The zero-order valence-corrected chi connectivity index (χ0v) is 10.4. The SMILES string of the molecule is NC(C(=O)O)c1csc(C2Cc3ccccc32)n1. The number of aromatic nitrogens is 1. The highest BCUT2D eigenvalue weighted by molar-refractivity contribution is 7.09. The summed E-state index contributed by atoms with van der Waals surface area (Å²) in [6.07, 6.45) is 0.978. The van der Waals surface area contributed by atoms with Crippen molar-refractivity contribution in [3.63, 3.8) is 0 Å². The average Bonchev–Trinajstić information content (AvgIpc) is 2.79. The zero-order valence-electron chi connectivity index (χ0n) is 9.54. The Morgan fingerprint density at radius 1 is 1.50 bits per heavy atom. The molecule has 0 saturated heterocycles. The number of carbonyl (C=O) groups is 1. The van der Waals surface area contributed by atoms with E-state index < -0.39 is 12.0 Å². The lowest BCUT2D eigenvalue weighted by Crippen LogP contribution is -2.22. The molecule has 1 heterocycles. The van der Waals surface area contributed by atoms with Gasteiger partial charge < -0.3 is 10.8 Å². The summed E-state index contributed by atoms with van der Waals surface area (Å²) in [6, 6.07) is 7.24. The van der Waals surface area contributed by atoms with Gasteiger partial charge in [0.15, 0.2) is 0 Å². The molecule has 3 N–H and O–H groups in total. The van der Waals surface area contributed by atoms with Gasteiger partial charge in [0, 0.05) is 11.3 Å². The van der Waals surface area contributed by atoms with Crippen LogP contribution in [0.25, 0.3) is 0 Å². The Kier molecular flexibility index (Phi) is 2.65. The molecule has 1 aliphatic rings. The number of hydrogen-bond acceptors (Lipinski definition) is 4. The van der Waals surface area contributed by atoms with Crippen molar-refractivity contribution in [1.82, 2.24) is 4.98 Å². The summed E-state index contributed by atoms with van der Waals surface area (Å²) in [5.41, 5.74) is 8.64. The highest BCUT2D eigenvalue weighted by atomic mass is 32.1. The van der Waals surface area contributed by atoms with E-state index in [9.17, 15) is 4.79 Å². The minimum atomic E-state index is -1.04. The number of nitrogens with zero attached hydrogens (tertiary/aromatic N) is 1. The number of thiazole rings is 1. The average molecular weight is 260 g/mol. The van der Waals surface area contributed by atoms with Crippen molar-refractivity contribution < 1.29 is 9.90 Å². The number of benzene rings is 1. The second-order valence-corrected chi connectivity index (χ2v) is 5.27. The molecule has 0 amide bonds. The van der Waals surface area contributed by atoms with Crippen LogP contribution >= 0.6 is 11.3 Å². The number of carboxylic acid groups (broad SMARTS) is 1. The lowest BCUT2D eigenvalue weighted by molar-refractivity contribution is -0.138.